The summed E-state index contributed by atoms with van der Waals surface area (Å²) in [5.74, 6) is -0.802. The Balaban J connectivity index is 2.08. The Morgan fingerprint density at radius 1 is 0.966 bits per heavy atom. The molecule has 0 radical (unpaired) electrons. The third kappa shape index (κ3) is 3.12. The van der Waals surface area contributed by atoms with Crippen molar-refractivity contribution in [2.45, 2.75) is 0 Å². The summed E-state index contributed by atoms with van der Waals surface area (Å²) in [5, 5.41) is 17.1. The highest BCUT2D eigenvalue weighted by molar-refractivity contribution is 5.95. The monoisotopic (exact) mass is 386 g/mol. The minimum atomic E-state index is -0.802. The van der Waals surface area contributed by atoms with Crippen molar-refractivity contribution in [3.63, 3.8) is 0 Å². The summed E-state index contributed by atoms with van der Waals surface area (Å²) < 4.78 is 0.994. The molecular formula is C21H14N4O4. The van der Waals surface area contributed by atoms with E-state index in [-0.39, 0.29) is 11.3 Å². The van der Waals surface area contributed by atoms with Gasteiger partial charge in [-0.05, 0) is 18.2 Å². The summed E-state index contributed by atoms with van der Waals surface area (Å²) in [6.45, 7) is 0. The molecule has 8 heteroatoms. The van der Waals surface area contributed by atoms with Crippen molar-refractivity contribution in [1.29, 1.82) is 0 Å². The predicted molar refractivity (Wildman–Crippen MR) is 108 cm³/mol. The Morgan fingerprint density at radius 2 is 1.62 bits per heavy atom. The van der Waals surface area contributed by atoms with Crippen molar-refractivity contribution in [3.05, 3.63) is 98.8 Å². The molecule has 29 heavy (non-hydrogen) atoms. The number of primary amides is 1. The van der Waals surface area contributed by atoms with Gasteiger partial charge >= 0.3 is 0 Å². The van der Waals surface area contributed by atoms with Crippen LogP contribution >= 0.6 is 0 Å². The van der Waals surface area contributed by atoms with E-state index in [0.717, 1.165) is 16.3 Å². The van der Waals surface area contributed by atoms with E-state index in [2.05, 4.69) is 5.10 Å². The van der Waals surface area contributed by atoms with Crippen molar-refractivity contribution in [1.82, 2.24) is 9.78 Å². The van der Waals surface area contributed by atoms with Crippen molar-refractivity contribution < 1.29 is 9.72 Å². The number of aromatic nitrogens is 2. The molecule has 4 aromatic rings. The highest BCUT2D eigenvalue weighted by Crippen LogP contribution is 2.28. The average Bonchev–Trinajstić information content (AvgIpc) is 2.74. The molecule has 8 nitrogen and oxygen atoms in total. The molecule has 2 N–H and O–H groups in total. The number of benzene rings is 3. The van der Waals surface area contributed by atoms with Crippen LogP contribution in [0.15, 0.2) is 77.6 Å². The Hall–Kier alpha value is -4.33. The van der Waals surface area contributed by atoms with Crippen LogP contribution in [0.2, 0.25) is 0 Å². The minimum Gasteiger partial charge on any atom is -0.366 e. The number of carbonyl (C=O) groups is 1. The van der Waals surface area contributed by atoms with E-state index >= 15 is 0 Å². The fourth-order valence-corrected chi connectivity index (χ4v) is 3.16. The Kier molecular flexibility index (Phi) is 4.36. The molecule has 0 bridgehead atoms. The Labute approximate surface area is 164 Å². The first kappa shape index (κ1) is 18.1. The van der Waals surface area contributed by atoms with Gasteiger partial charge in [0.2, 0.25) is 5.91 Å². The summed E-state index contributed by atoms with van der Waals surface area (Å²) in [6.07, 6.45) is 0. The molecule has 0 saturated carbocycles. The molecule has 0 aliphatic heterocycles. The summed E-state index contributed by atoms with van der Waals surface area (Å²) in [4.78, 5) is 35.4. The first-order valence-corrected chi connectivity index (χ1v) is 8.63. The standard InChI is InChI=1S/C21H14N4O4/c22-20(26)14-10-11-17(18(12-14)25(28)29)24-21(27)16-9-5-4-8-15(16)19(23-24)13-6-2-1-3-7-13/h1-12H,(H2,22,26). The zero-order chi connectivity index (χ0) is 20.5. The largest absolute Gasteiger partial charge is 0.366 e. The van der Waals surface area contributed by atoms with Crippen LogP contribution < -0.4 is 11.3 Å². The second-order valence-corrected chi connectivity index (χ2v) is 6.30. The van der Waals surface area contributed by atoms with Crippen molar-refractivity contribution in [2.24, 2.45) is 5.73 Å². The Bertz CT molecular complexity index is 1330. The van der Waals surface area contributed by atoms with Gasteiger partial charge in [0.25, 0.3) is 11.2 Å². The SMILES string of the molecule is NC(=O)c1ccc(-n2nc(-c3ccccc3)c3ccccc3c2=O)c([N+](=O)[O-])c1. The zero-order valence-electron chi connectivity index (χ0n) is 15.0. The van der Waals surface area contributed by atoms with Gasteiger partial charge in [-0.15, -0.1) is 0 Å². The van der Waals surface area contributed by atoms with Crippen LogP contribution in [0.25, 0.3) is 27.7 Å². The van der Waals surface area contributed by atoms with Crippen LogP contribution in [-0.2, 0) is 0 Å². The van der Waals surface area contributed by atoms with Crippen molar-refractivity contribution >= 4 is 22.4 Å². The predicted octanol–water partition coefficient (Wildman–Crippen LogP) is 3.06. The number of fused-ring (bicyclic) bond motifs is 1. The average molecular weight is 386 g/mol. The molecule has 0 saturated heterocycles. The first-order chi connectivity index (χ1) is 14.0. The van der Waals surface area contributed by atoms with E-state index < -0.39 is 22.1 Å². The molecule has 1 heterocycles. The van der Waals surface area contributed by atoms with Gasteiger partial charge < -0.3 is 5.73 Å². The van der Waals surface area contributed by atoms with Gasteiger partial charge in [-0.3, -0.25) is 19.7 Å². The number of amides is 1. The van der Waals surface area contributed by atoms with Crippen LogP contribution in [-0.4, -0.2) is 20.6 Å². The maximum atomic E-state index is 13.1. The van der Waals surface area contributed by atoms with E-state index in [4.69, 9.17) is 5.73 Å². The molecule has 1 amide bonds. The molecule has 142 valence electrons. The van der Waals surface area contributed by atoms with Gasteiger partial charge in [-0.2, -0.15) is 9.78 Å². The van der Waals surface area contributed by atoms with E-state index in [0.29, 0.717) is 16.5 Å². The second-order valence-electron chi connectivity index (χ2n) is 6.30. The molecule has 0 atom stereocenters. The minimum absolute atomic E-state index is 0.0300. The van der Waals surface area contributed by atoms with Crippen LogP contribution in [0.3, 0.4) is 0 Å². The van der Waals surface area contributed by atoms with Crippen LogP contribution in [0.1, 0.15) is 10.4 Å². The topological polar surface area (TPSA) is 121 Å². The maximum Gasteiger partial charge on any atom is 0.295 e. The maximum absolute atomic E-state index is 13.1. The van der Waals surface area contributed by atoms with Gasteiger partial charge in [0, 0.05) is 22.6 Å². The number of nitro groups is 1. The van der Waals surface area contributed by atoms with Crippen LogP contribution in [0.4, 0.5) is 5.69 Å². The lowest BCUT2D eigenvalue weighted by Gasteiger charge is -2.12. The van der Waals surface area contributed by atoms with Gasteiger partial charge in [-0.1, -0.05) is 48.5 Å². The fraction of sp³-hybridized carbons (Fsp3) is 0. The number of nitrogens with zero attached hydrogens (tertiary/aromatic N) is 3. The van der Waals surface area contributed by atoms with Gasteiger partial charge in [0.15, 0.2) is 0 Å². The molecule has 0 spiro atoms. The number of hydrogen-bond acceptors (Lipinski definition) is 5. The van der Waals surface area contributed by atoms with Crippen molar-refractivity contribution in [3.8, 4) is 16.9 Å². The van der Waals surface area contributed by atoms with Gasteiger partial charge in [-0.25, -0.2) is 0 Å². The smallest absolute Gasteiger partial charge is 0.295 e. The first-order valence-electron chi connectivity index (χ1n) is 8.63. The third-order valence-corrected chi connectivity index (χ3v) is 4.54. The fourth-order valence-electron chi connectivity index (χ4n) is 3.16. The third-order valence-electron chi connectivity index (χ3n) is 4.54. The lowest BCUT2D eigenvalue weighted by molar-refractivity contribution is -0.384. The van der Waals surface area contributed by atoms with Crippen LogP contribution in [0, 0.1) is 10.1 Å². The number of hydrogen-bond donors (Lipinski definition) is 1. The van der Waals surface area contributed by atoms with E-state index in [1.807, 2.05) is 30.3 Å². The number of nitrogens with two attached hydrogens (primary N) is 1. The second kappa shape index (κ2) is 7.01. The Morgan fingerprint density at radius 3 is 2.28 bits per heavy atom. The summed E-state index contributed by atoms with van der Waals surface area (Å²) in [5.41, 5.74) is 5.47. The summed E-state index contributed by atoms with van der Waals surface area (Å²) in [7, 11) is 0. The van der Waals surface area contributed by atoms with E-state index in [9.17, 15) is 19.7 Å². The quantitative estimate of drug-likeness (QED) is 0.427. The molecule has 0 aliphatic carbocycles. The van der Waals surface area contributed by atoms with E-state index in [1.165, 1.54) is 12.1 Å². The molecular weight excluding hydrogens is 372 g/mol. The molecule has 0 aliphatic rings. The summed E-state index contributed by atoms with van der Waals surface area (Å²) >= 11 is 0. The highest BCUT2D eigenvalue weighted by atomic mass is 16.6. The molecule has 1 aromatic heterocycles. The number of nitro benzene ring substituents is 1. The molecule has 3 aromatic carbocycles. The molecule has 0 unspecified atom stereocenters. The zero-order valence-corrected chi connectivity index (χ0v) is 15.0. The van der Waals surface area contributed by atoms with Gasteiger partial charge in [0.05, 0.1) is 16.0 Å². The molecule has 4 rings (SSSR count). The lowest BCUT2D eigenvalue weighted by Crippen LogP contribution is -2.23. The number of carbonyl (C=O) groups excluding carboxylic acids is 1. The number of rotatable bonds is 4. The summed E-state index contributed by atoms with van der Waals surface area (Å²) in [6, 6.07) is 19.8. The van der Waals surface area contributed by atoms with E-state index in [1.54, 1.807) is 24.3 Å². The molecule has 0 fully saturated rings. The van der Waals surface area contributed by atoms with Crippen LogP contribution in [0.5, 0.6) is 0 Å². The lowest BCUT2D eigenvalue weighted by atomic mass is 10.0. The normalized spacial score (nSPS) is 10.8. The van der Waals surface area contributed by atoms with Crippen molar-refractivity contribution in [2.75, 3.05) is 0 Å². The highest BCUT2D eigenvalue weighted by Gasteiger charge is 2.22. The van der Waals surface area contributed by atoms with Gasteiger partial charge in [0.1, 0.15) is 5.69 Å².